The summed E-state index contributed by atoms with van der Waals surface area (Å²) in [5.41, 5.74) is 45.2. The van der Waals surface area contributed by atoms with Crippen molar-refractivity contribution in [1.29, 1.82) is 0 Å². The van der Waals surface area contributed by atoms with Gasteiger partial charge in [0.1, 0.15) is 0 Å². The number of pyridine rings is 6. The summed E-state index contributed by atoms with van der Waals surface area (Å²) in [6.45, 7) is 37.3. The van der Waals surface area contributed by atoms with Gasteiger partial charge in [-0.25, -0.2) is 0 Å². The first-order valence-corrected chi connectivity index (χ1v) is 40.4. The molecule has 0 atom stereocenters. The minimum atomic E-state index is 0. The van der Waals surface area contributed by atoms with Crippen molar-refractivity contribution in [2.24, 2.45) is 0 Å². The molecule has 0 N–H and O–H groups in total. The molecule has 4 radical (unpaired) electrons. The molecule has 6 heterocycles. The zero-order valence-corrected chi connectivity index (χ0v) is 81.2. The zero-order chi connectivity index (χ0) is 82.1. The quantitative estimate of drug-likeness (QED) is 0.154. The van der Waals surface area contributed by atoms with Gasteiger partial charge >= 0.3 is 0 Å². The summed E-state index contributed by atoms with van der Waals surface area (Å²) >= 11 is 0. The third-order valence-electron chi connectivity index (χ3n) is 23.5. The Kier molecular flexibility index (Phi) is 29.0. The molecule has 4 aliphatic rings. The number of hydrogen-bond acceptors (Lipinski definition) is 6. The maximum absolute atomic E-state index is 4.58. The summed E-state index contributed by atoms with van der Waals surface area (Å²) in [5, 5.41) is 0. The maximum Gasteiger partial charge on any atom is 0.0190 e. The third-order valence-corrected chi connectivity index (χ3v) is 23.5. The average molecular weight is 2280 g/mol. The molecule has 6 aromatic heterocycles. The van der Waals surface area contributed by atoms with Crippen LogP contribution in [0.3, 0.4) is 0 Å². The van der Waals surface area contributed by atoms with Crippen LogP contribution in [0, 0.1) is 98.7 Å². The molecular formula is C111H98Ir4N6-6. The number of aromatic nitrogens is 6. The molecule has 121 heavy (non-hydrogen) atoms. The molecule has 614 valence electrons. The van der Waals surface area contributed by atoms with Gasteiger partial charge in [-0.1, -0.05) is 283 Å². The van der Waals surface area contributed by atoms with Gasteiger partial charge in [-0.15, -0.1) is 188 Å². The normalized spacial score (nSPS) is 13.0. The van der Waals surface area contributed by atoms with E-state index in [1.54, 1.807) is 6.20 Å². The second kappa shape index (κ2) is 38.4. The van der Waals surface area contributed by atoms with Crippen molar-refractivity contribution in [1.82, 2.24) is 29.9 Å². The Bertz CT molecular complexity index is 6310. The van der Waals surface area contributed by atoms with E-state index < -0.39 is 0 Å². The fourth-order valence-electron chi connectivity index (χ4n) is 16.8. The smallest absolute Gasteiger partial charge is 0.0190 e. The molecule has 10 heteroatoms. The van der Waals surface area contributed by atoms with Crippen LogP contribution in [0.5, 0.6) is 0 Å². The molecule has 0 saturated heterocycles. The van der Waals surface area contributed by atoms with Crippen LogP contribution in [0.1, 0.15) is 150 Å². The van der Waals surface area contributed by atoms with E-state index in [-0.39, 0.29) is 102 Å². The first-order valence-electron chi connectivity index (χ1n) is 40.4. The van der Waals surface area contributed by atoms with Gasteiger partial charge < -0.3 is 29.9 Å². The van der Waals surface area contributed by atoms with E-state index in [0.717, 1.165) is 67.5 Å². The number of fused-ring (bicyclic) bond motifs is 12. The van der Waals surface area contributed by atoms with Gasteiger partial charge in [0.2, 0.25) is 0 Å². The Morgan fingerprint density at radius 3 is 1.09 bits per heavy atom. The van der Waals surface area contributed by atoms with Crippen molar-refractivity contribution in [2.75, 3.05) is 0 Å². The van der Waals surface area contributed by atoms with Gasteiger partial charge in [0.25, 0.3) is 0 Å². The Labute approximate surface area is 771 Å². The van der Waals surface area contributed by atoms with Gasteiger partial charge in [0.05, 0.1) is 0 Å². The molecule has 0 unspecified atom stereocenters. The Morgan fingerprint density at radius 1 is 0.231 bits per heavy atom. The van der Waals surface area contributed by atoms with Crippen LogP contribution in [-0.4, -0.2) is 29.9 Å². The standard InChI is InChI=1S/3C22H20N.C21H18N.2C12H10N.4Ir/c1-14-5-8-17-18-9-7-16(21-10-6-15(2)13-23-21)12-20(18)22(3,4)19(17)11-14;1-14-8-11-20(23-13-14)16-9-10-17-19(12-16)22(3,4)18-7-5-6-15(2)21(17)18;1-14-9-10-20(23-13-14)16-11-15(2)21-17-7-5-6-8-18(17)22(3,4)19(21)12-16;1-14-8-11-20(22-13-14)15-9-10-17-16-6-4-5-7-18(16)21(2,3)19(17)12-15;1-10-5-4-6-11(9-10)12-7-2-3-8-13-12;1-10-7-8-12(13-9-10)11-5-3-2-4-6-11;;;;/h5-6,8-13H,1-4H3;5-8,10-13H,1-4H3;5-10,12-13H,1-4H3;4-8,10-13H,1-3H3;2*2-5,7-9H,1H3;;;;/q6*-1;;;;. The molecular weight excluding hydrogens is 2190 g/mol. The minimum absolute atomic E-state index is 0. The molecule has 6 nitrogen and oxygen atoms in total. The molecule has 16 aromatic rings. The van der Waals surface area contributed by atoms with E-state index in [1.165, 1.54) is 139 Å². The molecule has 4 aliphatic carbocycles. The minimum Gasteiger partial charge on any atom is -0.305 e. The van der Waals surface area contributed by atoms with E-state index in [4.69, 9.17) is 0 Å². The van der Waals surface area contributed by atoms with Gasteiger partial charge in [-0.2, -0.15) is 0 Å². The fraction of sp³-hybridized carbons (Fsp3) is 0.189. The molecule has 0 bridgehead atoms. The molecule has 0 amide bonds. The number of hydrogen-bond donors (Lipinski definition) is 0. The van der Waals surface area contributed by atoms with E-state index in [2.05, 4.69) is 365 Å². The maximum atomic E-state index is 4.58. The topological polar surface area (TPSA) is 77.3 Å². The monoisotopic (exact) mass is 2290 g/mol. The summed E-state index contributed by atoms with van der Waals surface area (Å²) < 4.78 is 0. The van der Waals surface area contributed by atoms with Gasteiger partial charge in [-0.3, -0.25) is 0 Å². The molecule has 20 rings (SSSR count). The predicted octanol–water partition coefficient (Wildman–Crippen LogP) is 27.3. The number of aryl methyl sites for hydroxylation is 9. The van der Waals surface area contributed by atoms with Crippen molar-refractivity contribution in [2.45, 2.75) is 139 Å². The molecule has 10 aromatic carbocycles. The SMILES string of the molecule is Cc1cc[c-]c(-c2ccccn2)c1.Cc1ccc(-c2[c-]c(C)c3c(c2)C(C)(C)c2ccccc2-3)nc1.Cc1ccc(-c2[c-]cc3c(c2)C(C)(C)c2cc(C)ccc2-3)nc1.Cc1ccc(-c2[c-]cc3c(c2)C(C)(C)c2cccc(C)c2-3)nc1.Cc1ccc(-c2[c-]cc3c(c2)C(C)(C)c2ccccc2-3)nc1.Cc1ccc(-c2[c-]cccc2)nc1.[Ir].[Ir].[Ir].[Ir]. The molecule has 0 fully saturated rings. The van der Waals surface area contributed by atoms with Crippen molar-refractivity contribution < 1.29 is 80.4 Å². The van der Waals surface area contributed by atoms with Crippen LogP contribution in [0.15, 0.2) is 286 Å². The molecule has 0 aliphatic heterocycles. The van der Waals surface area contributed by atoms with Crippen LogP contribution >= 0.6 is 0 Å². The third kappa shape index (κ3) is 19.2. The van der Waals surface area contributed by atoms with Crippen LogP contribution in [0.2, 0.25) is 0 Å². The number of nitrogens with zero attached hydrogens (tertiary/aromatic N) is 6. The van der Waals surface area contributed by atoms with E-state index in [0.29, 0.717) is 0 Å². The molecule has 0 saturated carbocycles. The summed E-state index contributed by atoms with van der Waals surface area (Å²) in [4.78, 5) is 26.8. The average Bonchev–Trinajstić information content (AvgIpc) is 1.58. The fourth-order valence-corrected chi connectivity index (χ4v) is 16.8. The van der Waals surface area contributed by atoms with E-state index in [1.807, 2.05) is 98.6 Å². The van der Waals surface area contributed by atoms with Crippen LogP contribution in [0.4, 0.5) is 0 Å². The summed E-state index contributed by atoms with van der Waals surface area (Å²) in [6.07, 6.45) is 11.3. The Morgan fingerprint density at radius 2 is 0.603 bits per heavy atom. The van der Waals surface area contributed by atoms with Crippen molar-refractivity contribution in [3.8, 4) is 112 Å². The summed E-state index contributed by atoms with van der Waals surface area (Å²) in [7, 11) is 0. The van der Waals surface area contributed by atoms with Crippen molar-refractivity contribution in [3.05, 3.63) is 417 Å². The number of benzene rings is 10. The van der Waals surface area contributed by atoms with Crippen LogP contribution in [-0.2, 0) is 102 Å². The second-order valence-corrected chi connectivity index (χ2v) is 33.6. The van der Waals surface area contributed by atoms with Gasteiger partial charge in [0, 0.05) is 118 Å². The summed E-state index contributed by atoms with van der Waals surface area (Å²) in [6, 6.07) is 107. The summed E-state index contributed by atoms with van der Waals surface area (Å²) in [5.74, 6) is 0. The first-order chi connectivity index (χ1) is 56.2. The Balaban J connectivity index is 0.000000143. The van der Waals surface area contributed by atoms with Crippen molar-refractivity contribution >= 4 is 0 Å². The number of rotatable bonds is 6. The Hall–Kier alpha value is -10.3. The van der Waals surface area contributed by atoms with Crippen molar-refractivity contribution in [3.63, 3.8) is 0 Å². The first kappa shape index (κ1) is 91.4. The van der Waals surface area contributed by atoms with Crippen LogP contribution in [0.25, 0.3) is 112 Å². The van der Waals surface area contributed by atoms with Gasteiger partial charge in [-0.05, 0) is 160 Å². The second-order valence-electron chi connectivity index (χ2n) is 33.6. The largest absolute Gasteiger partial charge is 0.305 e. The van der Waals surface area contributed by atoms with E-state index >= 15 is 0 Å². The van der Waals surface area contributed by atoms with E-state index in [9.17, 15) is 0 Å². The zero-order valence-electron chi connectivity index (χ0n) is 71.7. The van der Waals surface area contributed by atoms with Gasteiger partial charge in [0.15, 0.2) is 0 Å². The van der Waals surface area contributed by atoms with Crippen LogP contribution < -0.4 is 0 Å². The predicted molar refractivity (Wildman–Crippen MR) is 484 cm³/mol. The molecule has 0 spiro atoms.